The SMILES string of the molecule is CC(C)COc1ccc(C(=O)N2CCN(S(=O)(=O)c3ccc(Cl)cc3)CC2)cc1. The van der Waals surface area contributed by atoms with Gasteiger partial charge in [-0.15, -0.1) is 0 Å². The van der Waals surface area contributed by atoms with Gasteiger partial charge in [-0.3, -0.25) is 4.79 Å². The van der Waals surface area contributed by atoms with Crippen LogP contribution in [-0.2, 0) is 10.0 Å². The molecule has 8 heteroatoms. The monoisotopic (exact) mass is 436 g/mol. The summed E-state index contributed by atoms with van der Waals surface area (Å²) in [6.07, 6.45) is 0. The molecule has 0 spiro atoms. The number of carbonyl (C=O) groups excluding carboxylic acids is 1. The maximum atomic E-state index is 12.8. The molecule has 2 aromatic carbocycles. The molecule has 1 fully saturated rings. The van der Waals surface area contributed by atoms with E-state index in [1.54, 1.807) is 41.3 Å². The number of nitrogens with zero attached hydrogens (tertiary/aromatic N) is 2. The summed E-state index contributed by atoms with van der Waals surface area (Å²) in [6.45, 7) is 5.97. The van der Waals surface area contributed by atoms with Crippen molar-refractivity contribution in [1.29, 1.82) is 0 Å². The highest BCUT2D eigenvalue weighted by Crippen LogP contribution is 2.21. The van der Waals surface area contributed by atoms with Gasteiger partial charge in [-0.25, -0.2) is 8.42 Å². The Balaban J connectivity index is 1.60. The molecule has 1 aliphatic heterocycles. The fourth-order valence-electron chi connectivity index (χ4n) is 3.03. The fraction of sp³-hybridized carbons (Fsp3) is 0.381. The van der Waals surface area contributed by atoms with Crippen molar-refractivity contribution in [2.75, 3.05) is 32.8 Å². The van der Waals surface area contributed by atoms with E-state index in [4.69, 9.17) is 16.3 Å². The Kier molecular flexibility index (Phi) is 6.82. The third-order valence-corrected chi connectivity index (χ3v) is 6.83. The Bertz CT molecular complexity index is 936. The highest BCUT2D eigenvalue weighted by molar-refractivity contribution is 7.89. The number of halogens is 1. The van der Waals surface area contributed by atoms with Crippen molar-refractivity contribution < 1.29 is 17.9 Å². The molecule has 156 valence electrons. The van der Waals surface area contributed by atoms with E-state index >= 15 is 0 Å². The highest BCUT2D eigenvalue weighted by Gasteiger charge is 2.30. The molecule has 1 saturated heterocycles. The van der Waals surface area contributed by atoms with Crippen molar-refractivity contribution in [3.63, 3.8) is 0 Å². The topological polar surface area (TPSA) is 66.9 Å². The van der Waals surface area contributed by atoms with Gasteiger partial charge in [0.25, 0.3) is 5.91 Å². The van der Waals surface area contributed by atoms with Crippen molar-refractivity contribution >= 4 is 27.5 Å². The zero-order valence-corrected chi connectivity index (χ0v) is 18.1. The van der Waals surface area contributed by atoms with E-state index in [0.29, 0.717) is 36.2 Å². The van der Waals surface area contributed by atoms with Crippen LogP contribution in [0.15, 0.2) is 53.4 Å². The van der Waals surface area contributed by atoms with Crippen LogP contribution in [0.3, 0.4) is 0 Å². The van der Waals surface area contributed by atoms with Gasteiger partial charge in [0.05, 0.1) is 11.5 Å². The number of hydrogen-bond acceptors (Lipinski definition) is 4. The third-order valence-electron chi connectivity index (χ3n) is 4.66. The molecule has 2 aromatic rings. The summed E-state index contributed by atoms with van der Waals surface area (Å²) < 4.78 is 32.6. The zero-order chi connectivity index (χ0) is 21.0. The Labute approximate surface area is 177 Å². The van der Waals surface area contributed by atoms with Crippen LogP contribution in [0, 0.1) is 5.92 Å². The van der Waals surface area contributed by atoms with Gasteiger partial charge in [0.1, 0.15) is 5.75 Å². The summed E-state index contributed by atoms with van der Waals surface area (Å²) in [5, 5.41) is 0.486. The smallest absolute Gasteiger partial charge is 0.253 e. The first-order chi connectivity index (χ1) is 13.8. The first-order valence-electron chi connectivity index (χ1n) is 9.55. The fourth-order valence-corrected chi connectivity index (χ4v) is 4.57. The standard InChI is InChI=1S/C21H25ClN2O4S/c1-16(2)15-28-19-7-3-17(4-8-19)21(25)23-11-13-24(14-12-23)29(26,27)20-9-5-18(22)6-10-20/h3-10,16H,11-15H2,1-2H3. The van der Waals surface area contributed by atoms with Crippen LogP contribution >= 0.6 is 11.6 Å². The molecular weight excluding hydrogens is 412 g/mol. The molecule has 1 aliphatic rings. The zero-order valence-electron chi connectivity index (χ0n) is 16.5. The molecule has 0 saturated carbocycles. The van der Waals surface area contributed by atoms with E-state index < -0.39 is 10.0 Å². The molecule has 0 N–H and O–H groups in total. The number of hydrogen-bond donors (Lipinski definition) is 0. The van der Waals surface area contributed by atoms with Crippen LogP contribution in [0.4, 0.5) is 0 Å². The van der Waals surface area contributed by atoms with Gasteiger partial charge in [0, 0.05) is 36.8 Å². The molecule has 0 aliphatic carbocycles. The average molecular weight is 437 g/mol. The van der Waals surface area contributed by atoms with Gasteiger partial charge >= 0.3 is 0 Å². The molecule has 29 heavy (non-hydrogen) atoms. The van der Waals surface area contributed by atoms with Crippen LogP contribution in [0.5, 0.6) is 5.75 Å². The van der Waals surface area contributed by atoms with Gasteiger partial charge in [-0.05, 0) is 54.4 Å². The maximum absolute atomic E-state index is 12.8. The summed E-state index contributed by atoms with van der Waals surface area (Å²) in [4.78, 5) is 14.6. The number of rotatable bonds is 6. The van der Waals surface area contributed by atoms with Gasteiger partial charge in [0.15, 0.2) is 0 Å². The minimum absolute atomic E-state index is 0.107. The molecule has 1 heterocycles. The van der Waals surface area contributed by atoms with Crippen molar-refractivity contribution in [2.45, 2.75) is 18.7 Å². The Hall–Kier alpha value is -2.09. The van der Waals surface area contributed by atoms with E-state index in [1.807, 2.05) is 0 Å². The molecule has 3 rings (SSSR count). The molecule has 0 bridgehead atoms. The molecule has 0 atom stereocenters. The van der Waals surface area contributed by atoms with E-state index in [-0.39, 0.29) is 23.9 Å². The number of ether oxygens (including phenoxy) is 1. The molecule has 6 nitrogen and oxygen atoms in total. The summed E-state index contributed by atoms with van der Waals surface area (Å²) >= 11 is 5.84. The summed E-state index contributed by atoms with van der Waals surface area (Å²) in [7, 11) is -3.59. The number of piperazine rings is 1. The van der Waals surface area contributed by atoms with Crippen LogP contribution in [0.2, 0.25) is 5.02 Å². The first-order valence-corrected chi connectivity index (χ1v) is 11.4. The first kappa shape index (κ1) is 21.6. The molecule has 1 amide bonds. The van der Waals surface area contributed by atoms with Gasteiger partial charge in [-0.2, -0.15) is 4.31 Å². The van der Waals surface area contributed by atoms with E-state index in [0.717, 1.165) is 5.75 Å². The molecule has 0 radical (unpaired) electrons. The second-order valence-electron chi connectivity index (χ2n) is 7.38. The summed E-state index contributed by atoms with van der Waals surface area (Å²) in [6, 6.07) is 13.2. The average Bonchev–Trinajstić information content (AvgIpc) is 2.72. The lowest BCUT2D eigenvalue weighted by molar-refractivity contribution is 0.0698. The van der Waals surface area contributed by atoms with Crippen molar-refractivity contribution in [3.05, 3.63) is 59.1 Å². The second kappa shape index (κ2) is 9.15. The van der Waals surface area contributed by atoms with Crippen LogP contribution in [-0.4, -0.2) is 56.3 Å². The van der Waals surface area contributed by atoms with Gasteiger partial charge < -0.3 is 9.64 Å². The quantitative estimate of drug-likeness (QED) is 0.694. The summed E-state index contributed by atoms with van der Waals surface area (Å²) in [5.74, 6) is 1.05. The maximum Gasteiger partial charge on any atom is 0.253 e. The Morgan fingerprint density at radius 1 is 1.00 bits per heavy atom. The number of amides is 1. The molecule has 0 unspecified atom stereocenters. The number of sulfonamides is 1. The van der Waals surface area contributed by atoms with E-state index in [1.165, 1.54) is 16.4 Å². The number of benzene rings is 2. The lowest BCUT2D eigenvalue weighted by Crippen LogP contribution is -2.50. The second-order valence-corrected chi connectivity index (χ2v) is 9.75. The van der Waals surface area contributed by atoms with Crippen LogP contribution in [0.1, 0.15) is 24.2 Å². The largest absolute Gasteiger partial charge is 0.493 e. The van der Waals surface area contributed by atoms with Gasteiger partial charge in [-0.1, -0.05) is 25.4 Å². The van der Waals surface area contributed by atoms with Crippen molar-refractivity contribution in [1.82, 2.24) is 9.21 Å². The van der Waals surface area contributed by atoms with Crippen molar-refractivity contribution in [2.24, 2.45) is 5.92 Å². The van der Waals surface area contributed by atoms with Crippen LogP contribution in [0.25, 0.3) is 0 Å². The van der Waals surface area contributed by atoms with E-state index in [2.05, 4.69) is 13.8 Å². The highest BCUT2D eigenvalue weighted by atomic mass is 35.5. The predicted molar refractivity (Wildman–Crippen MR) is 113 cm³/mol. The molecular formula is C21H25ClN2O4S. The lowest BCUT2D eigenvalue weighted by atomic mass is 10.1. The number of carbonyl (C=O) groups is 1. The predicted octanol–water partition coefficient (Wildman–Crippen LogP) is 3.52. The van der Waals surface area contributed by atoms with Gasteiger partial charge in [0.2, 0.25) is 10.0 Å². The summed E-state index contributed by atoms with van der Waals surface area (Å²) in [5.41, 5.74) is 0.566. The van der Waals surface area contributed by atoms with Crippen molar-refractivity contribution in [3.8, 4) is 5.75 Å². The Morgan fingerprint density at radius 2 is 1.59 bits per heavy atom. The van der Waals surface area contributed by atoms with Crippen LogP contribution < -0.4 is 4.74 Å². The molecule has 0 aromatic heterocycles. The minimum atomic E-state index is -3.59. The lowest BCUT2D eigenvalue weighted by Gasteiger charge is -2.34. The minimum Gasteiger partial charge on any atom is -0.493 e. The Morgan fingerprint density at radius 3 is 2.14 bits per heavy atom. The van der Waals surface area contributed by atoms with E-state index in [9.17, 15) is 13.2 Å². The third kappa shape index (κ3) is 5.29. The normalized spacial score (nSPS) is 15.5.